The van der Waals surface area contributed by atoms with Crippen LogP contribution in [0.1, 0.15) is 46.1 Å². The van der Waals surface area contributed by atoms with E-state index in [0.29, 0.717) is 18.8 Å². The van der Waals surface area contributed by atoms with E-state index in [4.69, 9.17) is 9.47 Å². The minimum absolute atomic E-state index is 0.00841. The van der Waals surface area contributed by atoms with E-state index in [1.165, 1.54) is 5.56 Å². The van der Waals surface area contributed by atoms with E-state index in [0.717, 1.165) is 29.7 Å². The zero-order valence-corrected chi connectivity index (χ0v) is 21.1. The number of hydrogen-bond acceptors (Lipinski definition) is 5. The number of benzene rings is 2. The van der Waals surface area contributed by atoms with Crippen LogP contribution >= 0.6 is 0 Å². The van der Waals surface area contributed by atoms with E-state index in [1.807, 2.05) is 47.4 Å². The molecule has 1 fully saturated rings. The molecule has 7 nitrogen and oxygen atoms in total. The lowest BCUT2D eigenvalue weighted by Gasteiger charge is -2.43. The molecule has 1 spiro atoms. The number of rotatable bonds is 6. The van der Waals surface area contributed by atoms with Crippen LogP contribution in [-0.2, 0) is 14.9 Å². The van der Waals surface area contributed by atoms with Crippen molar-refractivity contribution in [2.24, 2.45) is 0 Å². The monoisotopic (exact) mass is 497 g/mol. The molecule has 1 saturated heterocycles. The summed E-state index contributed by atoms with van der Waals surface area (Å²) in [7, 11) is 3.33. The topological polar surface area (TPSA) is 80.8 Å². The third kappa shape index (κ3) is 4.74. The molecular formula is C30H31N3O4. The van der Waals surface area contributed by atoms with Gasteiger partial charge in [0.15, 0.2) is 0 Å². The largest absolute Gasteiger partial charge is 0.497 e. The van der Waals surface area contributed by atoms with Crippen molar-refractivity contribution in [3.63, 3.8) is 0 Å². The van der Waals surface area contributed by atoms with Gasteiger partial charge in [-0.05, 0) is 59.9 Å². The van der Waals surface area contributed by atoms with Gasteiger partial charge >= 0.3 is 0 Å². The molecule has 0 bridgehead atoms. The molecule has 0 unspecified atom stereocenters. The molecule has 1 aliphatic heterocycles. The van der Waals surface area contributed by atoms with Crippen LogP contribution in [0.3, 0.4) is 0 Å². The standard InChI is InChI=1S/C30H31N3O4/c1-36-22-13-10-21(11-14-22)12-15-26(34)33-19-16-30(17-20-33)24-8-4-3-7-23(24)27(28(30)37-2)32-29(35)25-9-5-6-18-31-25/h3-15,18,27-28H,16-17,19-20H2,1-2H3,(H,32,35)/b15-12+/t27-,28+/m1/s1. The quantitative estimate of drug-likeness (QED) is 0.517. The van der Waals surface area contributed by atoms with Gasteiger partial charge in [-0.15, -0.1) is 0 Å². The fourth-order valence-corrected chi connectivity index (χ4v) is 5.75. The minimum atomic E-state index is -0.298. The Bertz CT molecular complexity index is 1280. The van der Waals surface area contributed by atoms with Crippen molar-refractivity contribution in [3.8, 4) is 5.75 Å². The molecule has 1 N–H and O–H groups in total. The third-order valence-corrected chi connectivity index (χ3v) is 7.62. The van der Waals surface area contributed by atoms with Crippen molar-refractivity contribution in [1.29, 1.82) is 0 Å². The van der Waals surface area contributed by atoms with Gasteiger partial charge < -0.3 is 19.7 Å². The summed E-state index contributed by atoms with van der Waals surface area (Å²) in [5.74, 6) is 0.547. The first-order valence-electron chi connectivity index (χ1n) is 12.5. The van der Waals surface area contributed by atoms with E-state index in [1.54, 1.807) is 44.7 Å². The van der Waals surface area contributed by atoms with E-state index in [-0.39, 0.29) is 29.4 Å². The molecule has 0 saturated carbocycles. The van der Waals surface area contributed by atoms with Crippen LogP contribution in [0.25, 0.3) is 6.08 Å². The van der Waals surface area contributed by atoms with Gasteiger partial charge in [0, 0.05) is 37.9 Å². The smallest absolute Gasteiger partial charge is 0.270 e. The summed E-state index contributed by atoms with van der Waals surface area (Å²) in [5, 5.41) is 3.18. The molecule has 3 aromatic rings. The molecule has 5 rings (SSSR count). The highest BCUT2D eigenvalue weighted by Gasteiger charge is 2.54. The normalized spacial score (nSPS) is 20.1. The fourth-order valence-electron chi connectivity index (χ4n) is 5.75. The first kappa shape index (κ1) is 24.7. The first-order chi connectivity index (χ1) is 18.1. The predicted molar refractivity (Wildman–Crippen MR) is 141 cm³/mol. The van der Waals surface area contributed by atoms with Gasteiger partial charge in [-0.25, -0.2) is 0 Å². The lowest BCUT2D eigenvalue weighted by Crippen LogP contribution is -2.51. The van der Waals surface area contributed by atoms with Gasteiger partial charge in [-0.1, -0.05) is 42.5 Å². The van der Waals surface area contributed by atoms with Crippen LogP contribution in [0.5, 0.6) is 5.75 Å². The average Bonchev–Trinajstić information content (AvgIpc) is 3.20. The number of methoxy groups -OCH3 is 2. The number of piperidine rings is 1. The fraction of sp³-hybridized carbons (Fsp3) is 0.300. The van der Waals surface area contributed by atoms with Crippen LogP contribution in [0.4, 0.5) is 0 Å². The van der Waals surface area contributed by atoms with Crippen LogP contribution in [0, 0.1) is 0 Å². The molecule has 2 atom stereocenters. The lowest BCUT2D eigenvalue weighted by atomic mass is 9.72. The number of pyridine rings is 1. The highest BCUT2D eigenvalue weighted by Crippen LogP contribution is 2.52. The van der Waals surface area contributed by atoms with E-state index in [2.05, 4.69) is 22.4 Å². The van der Waals surface area contributed by atoms with Crippen molar-refractivity contribution in [2.45, 2.75) is 30.4 Å². The number of amides is 2. The second-order valence-electron chi connectivity index (χ2n) is 9.50. The zero-order chi connectivity index (χ0) is 25.8. The molecule has 1 aromatic heterocycles. The number of likely N-dealkylation sites (tertiary alicyclic amines) is 1. The van der Waals surface area contributed by atoms with Gasteiger partial charge in [-0.2, -0.15) is 0 Å². The molecule has 1 aliphatic carbocycles. The molecule has 7 heteroatoms. The number of nitrogens with one attached hydrogen (secondary N) is 1. The maximum atomic E-state index is 13.0. The van der Waals surface area contributed by atoms with E-state index < -0.39 is 0 Å². The van der Waals surface area contributed by atoms with Gasteiger partial charge in [0.25, 0.3) is 5.91 Å². The Morgan fingerprint density at radius 2 is 1.73 bits per heavy atom. The summed E-state index contributed by atoms with van der Waals surface area (Å²) in [6, 6.07) is 20.8. The summed E-state index contributed by atoms with van der Waals surface area (Å²) < 4.78 is 11.3. The Hall–Kier alpha value is -3.97. The van der Waals surface area contributed by atoms with Crippen LogP contribution in [-0.4, -0.2) is 55.1 Å². The summed E-state index contributed by atoms with van der Waals surface area (Å²) in [6.07, 6.45) is 6.33. The number of ether oxygens (including phenoxy) is 2. The third-order valence-electron chi connectivity index (χ3n) is 7.62. The van der Waals surface area contributed by atoms with Crippen LogP contribution < -0.4 is 10.1 Å². The van der Waals surface area contributed by atoms with Crippen molar-refractivity contribution in [3.05, 3.63) is 101 Å². The van der Waals surface area contributed by atoms with E-state index in [9.17, 15) is 9.59 Å². The van der Waals surface area contributed by atoms with Gasteiger partial charge in [0.2, 0.25) is 5.91 Å². The predicted octanol–water partition coefficient (Wildman–Crippen LogP) is 4.16. The number of hydrogen-bond donors (Lipinski definition) is 1. The molecule has 2 amide bonds. The van der Waals surface area contributed by atoms with Gasteiger partial charge in [-0.3, -0.25) is 14.6 Å². The second-order valence-corrected chi connectivity index (χ2v) is 9.50. The maximum Gasteiger partial charge on any atom is 0.270 e. The maximum absolute atomic E-state index is 13.0. The summed E-state index contributed by atoms with van der Waals surface area (Å²) in [4.78, 5) is 32.1. The number of aromatic nitrogens is 1. The Balaban J connectivity index is 1.32. The molecular weight excluding hydrogens is 466 g/mol. The van der Waals surface area contributed by atoms with Gasteiger partial charge in [0.1, 0.15) is 11.4 Å². The molecule has 2 heterocycles. The van der Waals surface area contributed by atoms with Crippen LogP contribution in [0.2, 0.25) is 0 Å². The summed E-state index contributed by atoms with van der Waals surface area (Å²) in [5.41, 5.74) is 3.29. The SMILES string of the molecule is COc1ccc(/C=C/C(=O)N2CCC3(CC2)c2ccccc2[C@@H](NC(=O)c2ccccn2)[C@@H]3OC)cc1. The Morgan fingerprint density at radius 1 is 1.00 bits per heavy atom. The van der Waals surface area contributed by atoms with Crippen molar-refractivity contribution in [1.82, 2.24) is 15.2 Å². The molecule has 190 valence electrons. The Kier molecular flexibility index (Phi) is 7.06. The minimum Gasteiger partial charge on any atom is -0.497 e. The van der Waals surface area contributed by atoms with E-state index >= 15 is 0 Å². The number of nitrogens with zero attached hydrogens (tertiary/aromatic N) is 2. The van der Waals surface area contributed by atoms with Crippen molar-refractivity contribution >= 4 is 17.9 Å². The summed E-state index contributed by atoms with van der Waals surface area (Å²) >= 11 is 0. The highest BCUT2D eigenvalue weighted by atomic mass is 16.5. The van der Waals surface area contributed by atoms with Crippen molar-refractivity contribution < 1.29 is 19.1 Å². The number of carbonyl (C=O) groups excluding carboxylic acids is 2. The lowest BCUT2D eigenvalue weighted by molar-refractivity contribution is -0.128. The molecule has 2 aromatic carbocycles. The first-order valence-corrected chi connectivity index (χ1v) is 12.5. The van der Waals surface area contributed by atoms with Gasteiger partial charge in [0.05, 0.1) is 19.3 Å². The molecule has 2 aliphatic rings. The number of fused-ring (bicyclic) bond motifs is 2. The Morgan fingerprint density at radius 3 is 2.41 bits per heavy atom. The van der Waals surface area contributed by atoms with Crippen molar-refractivity contribution in [2.75, 3.05) is 27.3 Å². The Labute approximate surface area is 217 Å². The highest BCUT2D eigenvalue weighted by molar-refractivity contribution is 5.93. The number of carbonyl (C=O) groups is 2. The molecule has 37 heavy (non-hydrogen) atoms. The molecule has 0 radical (unpaired) electrons. The second kappa shape index (κ2) is 10.6. The zero-order valence-electron chi connectivity index (χ0n) is 21.1. The average molecular weight is 498 g/mol. The summed E-state index contributed by atoms with van der Waals surface area (Å²) in [6.45, 7) is 1.22. The van der Waals surface area contributed by atoms with Crippen LogP contribution in [0.15, 0.2) is 79.0 Å².